The van der Waals surface area contributed by atoms with Gasteiger partial charge in [-0.25, -0.2) is 0 Å². The molecule has 1 aliphatic rings. The minimum absolute atomic E-state index is 0.128. The van der Waals surface area contributed by atoms with Gasteiger partial charge in [-0.3, -0.25) is 9.69 Å². The van der Waals surface area contributed by atoms with E-state index in [0.29, 0.717) is 0 Å². The molecule has 0 aromatic heterocycles. The molecule has 1 amide bonds. The molecule has 3 heteroatoms. The Bertz CT molecular complexity index is 575. The first-order chi connectivity index (χ1) is 10.3. The van der Waals surface area contributed by atoms with E-state index in [1.165, 1.54) is 5.56 Å². The lowest BCUT2D eigenvalue weighted by Crippen LogP contribution is -2.48. The Morgan fingerprint density at radius 1 is 0.952 bits per heavy atom. The SMILES string of the molecule is O=C(c1cc[c]cc1)N1CCN(Cc2ccccc2)CC1. The van der Waals surface area contributed by atoms with E-state index in [-0.39, 0.29) is 5.91 Å². The Kier molecular flexibility index (Phi) is 4.31. The molecular formula is C18H19N2O. The van der Waals surface area contributed by atoms with Gasteiger partial charge in [0.2, 0.25) is 0 Å². The van der Waals surface area contributed by atoms with E-state index in [1.807, 2.05) is 23.1 Å². The van der Waals surface area contributed by atoms with Crippen LogP contribution in [0.15, 0.2) is 54.6 Å². The van der Waals surface area contributed by atoms with Crippen LogP contribution in [0.2, 0.25) is 0 Å². The molecule has 1 fully saturated rings. The fourth-order valence-corrected chi connectivity index (χ4v) is 2.66. The first kappa shape index (κ1) is 13.8. The highest BCUT2D eigenvalue weighted by Crippen LogP contribution is 2.11. The van der Waals surface area contributed by atoms with Gasteiger partial charge in [0.15, 0.2) is 0 Å². The molecule has 21 heavy (non-hydrogen) atoms. The van der Waals surface area contributed by atoms with Crippen molar-refractivity contribution in [3.63, 3.8) is 0 Å². The van der Waals surface area contributed by atoms with Gasteiger partial charge < -0.3 is 4.90 Å². The van der Waals surface area contributed by atoms with Crippen LogP contribution in [-0.2, 0) is 6.54 Å². The first-order valence-corrected chi connectivity index (χ1v) is 7.34. The maximum atomic E-state index is 12.4. The van der Waals surface area contributed by atoms with Crippen LogP contribution >= 0.6 is 0 Å². The fourth-order valence-electron chi connectivity index (χ4n) is 2.66. The second-order valence-corrected chi connectivity index (χ2v) is 5.34. The number of amides is 1. The first-order valence-electron chi connectivity index (χ1n) is 7.34. The van der Waals surface area contributed by atoms with Crippen molar-refractivity contribution in [2.75, 3.05) is 26.2 Å². The Labute approximate surface area is 125 Å². The van der Waals surface area contributed by atoms with Crippen LogP contribution in [0.3, 0.4) is 0 Å². The molecule has 0 aliphatic carbocycles. The van der Waals surface area contributed by atoms with Gasteiger partial charge in [-0.2, -0.15) is 0 Å². The van der Waals surface area contributed by atoms with Gasteiger partial charge in [-0.15, -0.1) is 0 Å². The highest BCUT2D eigenvalue weighted by molar-refractivity contribution is 5.94. The summed E-state index contributed by atoms with van der Waals surface area (Å²) in [6.45, 7) is 4.41. The average molecular weight is 279 g/mol. The summed E-state index contributed by atoms with van der Waals surface area (Å²) in [4.78, 5) is 16.7. The summed E-state index contributed by atoms with van der Waals surface area (Å²) >= 11 is 0. The number of hydrogen-bond donors (Lipinski definition) is 0. The minimum atomic E-state index is 0.128. The lowest BCUT2D eigenvalue weighted by Gasteiger charge is -2.34. The molecule has 1 radical (unpaired) electrons. The van der Waals surface area contributed by atoms with Crippen LogP contribution in [0.1, 0.15) is 15.9 Å². The number of nitrogens with zero attached hydrogens (tertiary/aromatic N) is 2. The Morgan fingerprint density at radius 3 is 2.29 bits per heavy atom. The average Bonchev–Trinajstić information content (AvgIpc) is 2.57. The lowest BCUT2D eigenvalue weighted by molar-refractivity contribution is 0.0628. The van der Waals surface area contributed by atoms with Gasteiger partial charge >= 0.3 is 0 Å². The van der Waals surface area contributed by atoms with Crippen LogP contribution in [0.4, 0.5) is 0 Å². The van der Waals surface area contributed by atoms with Crippen LogP contribution in [0, 0.1) is 6.07 Å². The van der Waals surface area contributed by atoms with Crippen molar-refractivity contribution in [2.24, 2.45) is 0 Å². The van der Waals surface area contributed by atoms with Crippen molar-refractivity contribution in [1.29, 1.82) is 0 Å². The van der Waals surface area contributed by atoms with Gasteiger partial charge in [0.1, 0.15) is 0 Å². The van der Waals surface area contributed by atoms with Crippen LogP contribution < -0.4 is 0 Å². The highest BCUT2D eigenvalue weighted by atomic mass is 16.2. The quantitative estimate of drug-likeness (QED) is 0.861. The van der Waals surface area contributed by atoms with Gasteiger partial charge in [0, 0.05) is 38.3 Å². The number of carbonyl (C=O) groups excluding carboxylic acids is 1. The lowest BCUT2D eigenvalue weighted by atomic mass is 10.1. The number of hydrogen-bond acceptors (Lipinski definition) is 2. The van der Waals surface area contributed by atoms with E-state index in [9.17, 15) is 4.79 Å². The van der Waals surface area contributed by atoms with Crippen molar-refractivity contribution < 1.29 is 4.79 Å². The zero-order valence-electron chi connectivity index (χ0n) is 12.0. The summed E-state index contributed by atoms with van der Waals surface area (Å²) in [7, 11) is 0. The number of piperazine rings is 1. The summed E-state index contributed by atoms with van der Waals surface area (Å²) in [6, 6.07) is 20.7. The predicted octanol–water partition coefficient (Wildman–Crippen LogP) is 2.44. The third-order valence-corrected chi connectivity index (χ3v) is 3.87. The standard InChI is InChI=1S/C18H19N2O/c21-18(17-9-5-2-6-10-17)20-13-11-19(12-14-20)15-16-7-3-1-4-8-16/h1,3-10H,11-15H2. The van der Waals surface area contributed by atoms with Crippen molar-refractivity contribution >= 4 is 5.91 Å². The Balaban J connectivity index is 1.54. The van der Waals surface area contributed by atoms with Crippen molar-refractivity contribution in [3.8, 4) is 0 Å². The molecule has 2 aromatic carbocycles. The molecule has 1 heterocycles. The third-order valence-electron chi connectivity index (χ3n) is 3.87. The molecule has 3 rings (SSSR count). The van der Waals surface area contributed by atoms with Gasteiger partial charge in [0.05, 0.1) is 0 Å². The molecule has 107 valence electrons. The van der Waals surface area contributed by atoms with E-state index < -0.39 is 0 Å². The number of benzene rings is 2. The molecule has 3 nitrogen and oxygen atoms in total. The Morgan fingerprint density at radius 2 is 1.62 bits per heavy atom. The Hall–Kier alpha value is -2.13. The molecule has 1 aliphatic heterocycles. The van der Waals surface area contributed by atoms with E-state index in [0.717, 1.165) is 38.3 Å². The van der Waals surface area contributed by atoms with Crippen LogP contribution in [0.5, 0.6) is 0 Å². The maximum absolute atomic E-state index is 12.4. The topological polar surface area (TPSA) is 23.6 Å². The smallest absolute Gasteiger partial charge is 0.253 e. The molecule has 0 atom stereocenters. The zero-order valence-corrected chi connectivity index (χ0v) is 12.0. The van der Waals surface area contributed by atoms with Gasteiger partial charge in [-0.1, -0.05) is 42.5 Å². The normalized spacial score (nSPS) is 15.9. The molecule has 0 N–H and O–H groups in total. The highest BCUT2D eigenvalue weighted by Gasteiger charge is 2.21. The van der Waals surface area contributed by atoms with E-state index in [2.05, 4.69) is 35.2 Å². The van der Waals surface area contributed by atoms with Crippen molar-refractivity contribution in [3.05, 3.63) is 71.8 Å². The second kappa shape index (κ2) is 6.55. The molecule has 2 aromatic rings. The minimum Gasteiger partial charge on any atom is -0.336 e. The summed E-state index contributed by atoms with van der Waals surface area (Å²) in [5.74, 6) is 0.128. The summed E-state index contributed by atoms with van der Waals surface area (Å²) in [6.07, 6.45) is 0. The molecular weight excluding hydrogens is 260 g/mol. The molecule has 1 saturated heterocycles. The number of rotatable bonds is 3. The molecule has 0 saturated carbocycles. The largest absolute Gasteiger partial charge is 0.336 e. The van der Waals surface area contributed by atoms with Gasteiger partial charge in [-0.05, 0) is 23.8 Å². The molecule has 0 bridgehead atoms. The van der Waals surface area contributed by atoms with Crippen molar-refractivity contribution in [1.82, 2.24) is 9.80 Å². The summed E-state index contributed by atoms with van der Waals surface area (Å²) in [5, 5.41) is 0. The van der Waals surface area contributed by atoms with Crippen molar-refractivity contribution in [2.45, 2.75) is 6.54 Å². The van der Waals surface area contributed by atoms with Crippen LogP contribution in [-0.4, -0.2) is 41.9 Å². The van der Waals surface area contributed by atoms with Gasteiger partial charge in [0.25, 0.3) is 5.91 Å². The van der Waals surface area contributed by atoms with E-state index in [1.54, 1.807) is 12.1 Å². The molecule has 0 spiro atoms. The second-order valence-electron chi connectivity index (χ2n) is 5.34. The summed E-state index contributed by atoms with van der Waals surface area (Å²) < 4.78 is 0. The van der Waals surface area contributed by atoms with E-state index in [4.69, 9.17) is 0 Å². The zero-order chi connectivity index (χ0) is 14.5. The number of carbonyl (C=O) groups is 1. The maximum Gasteiger partial charge on any atom is 0.253 e. The predicted molar refractivity (Wildman–Crippen MR) is 82.9 cm³/mol. The third kappa shape index (κ3) is 3.50. The monoisotopic (exact) mass is 279 g/mol. The fraction of sp³-hybridized carbons (Fsp3) is 0.278. The van der Waals surface area contributed by atoms with E-state index >= 15 is 0 Å². The summed E-state index contributed by atoms with van der Waals surface area (Å²) in [5.41, 5.74) is 2.08. The van der Waals surface area contributed by atoms with Crippen LogP contribution in [0.25, 0.3) is 0 Å². The molecule has 0 unspecified atom stereocenters.